The van der Waals surface area contributed by atoms with Crippen molar-refractivity contribution >= 4 is 28.4 Å². The normalized spacial score (nSPS) is 18.2. The zero-order chi connectivity index (χ0) is 17.2. The minimum atomic E-state index is 0.00418. The maximum absolute atomic E-state index is 12.8. The Morgan fingerprint density at radius 2 is 2.16 bits per heavy atom. The third kappa shape index (κ3) is 3.06. The number of nitrogens with zero attached hydrogens (tertiary/aromatic N) is 4. The van der Waals surface area contributed by atoms with Crippen LogP contribution in [0, 0.1) is 0 Å². The highest BCUT2D eigenvalue weighted by Gasteiger charge is 2.19. The fourth-order valence-electron chi connectivity index (χ4n) is 3.36. The number of rotatable bonds is 5. The number of ether oxygens (including phenoxy) is 1. The quantitative estimate of drug-likeness (QED) is 0.656. The summed E-state index contributed by atoms with van der Waals surface area (Å²) in [4.78, 5) is 12.8. The average molecular weight is 358 g/mol. The molecule has 0 spiro atoms. The van der Waals surface area contributed by atoms with Gasteiger partial charge >= 0.3 is 0 Å². The Bertz CT molecular complexity index is 943. The van der Waals surface area contributed by atoms with Gasteiger partial charge in [-0.1, -0.05) is 30.8 Å². The number of para-hydroxylation sites is 1. The van der Waals surface area contributed by atoms with Crippen molar-refractivity contribution in [2.45, 2.75) is 50.4 Å². The smallest absolute Gasteiger partial charge is 0.262 e. The minimum absolute atomic E-state index is 0.00418. The van der Waals surface area contributed by atoms with Crippen LogP contribution in [0.4, 0.5) is 0 Å². The van der Waals surface area contributed by atoms with E-state index in [4.69, 9.17) is 4.74 Å². The second-order valence-corrected chi connectivity index (χ2v) is 7.38. The lowest BCUT2D eigenvalue weighted by atomic mass is 10.1. The molecule has 0 radical (unpaired) electrons. The second kappa shape index (κ2) is 7.17. The number of aromatic nitrogens is 4. The van der Waals surface area contributed by atoms with Crippen LogP contribution in [0.5, 0.6) is 0 Å². The van der Waals surface area contributed by atoms with E-state index in [-0.39, 0.29) is 11.7 Å². The zero-order valence-corrected chi connectivity index (χ0v) is 15.2. The van der Waals surface area contributed by atoms with Crippen molar-refractivity contribution in [3.05, 3.63) is 34.6 Å². The molecule has 1 aromatic carbocycles. The van der Waals surface area contributed by atoms with Crippen LogP contribution in [0.2, 0.25) is 0 Å². The molecule has 25 heavy (non-hydrogen) atoms. The van der Waals surface area contributed by atoms with E-state index in [1.54, 1.807) is 16.3 Å². The van der Waals surface area contributed by atoms with Gasteiger partial charge in [0, 0.05) is 18.9 Å². The SMILES string of the molecule is CCCn1c(=O)c2ccccc2n2c(SCC3CCCCO3)nnc12. The van der Waals surface area contributed by atoms with Crippen molar-refractivity contribution in [1.29, 1.82) is 0 Å². The first-order valence-electron chi connectivity index (χ1n) is 8.90. The van der Waals surface area contributed by atoms with Crippen LogP contribution in [0.15, 0.2) is 34.2 Å². The summed E-state index contributed by atoms with van der Waals surface area (Å²) in [6, 6.07) is 7.69. The molecular weight excluding hydrogens is 336 g/mol. The Morgan fingerprint density at radius 3 is 2.96 bits per heavy atom. The first-order chi connectivity index (χ1) is 12.3. The highest BCUT2D eigenvalue weighted by atomic mass is 32.2. The molecule has 6 nitrogen and oxygen atoms in total. The predicted octanol–water partition coefficient (Wildman–Crippen LogP) is 3.12. The van der Waals surface area contributed by atoms with Crippen molar-refractivity contribution < 1.29 is 4.74 Å². The van der Waals surface area contributed by atoms with E-state index < -0.39 is 0 Å². The molecule has 1 aliphatic heterocycles. The van der Waals surface area contributed by atoms with Gasteiger partial charge < -0.3 is 4.74 Å². The van der Waals surface area contributed by atoms with Crippen LogP contribution >= 0.6 is 11.8 Å². The first kappa shape index (κ1) is 16.6. The minimum Gasteiger partial charge on any atom is -0.377 e. The third-order valence-corrected chi connectivity index (χ3v) is 5.66. The largest absolute Gasteiger partial charge is 0.377 e. The molecule has 1 atom stereocenters. The molecule has 2 aromatic heterocycles. The summed E-state index contributed by atoms with van der Waals surface area (Å²) in [6.45, 7) is 3.55. The highest BCUT2D eigenvalue weighted by Crippen LogP contribution is 2.25. The maximum Gasteiger partial charge on any atom is 0.262 e. The summed E-state index contributed by atoms with van der Waals surface area (Å²) in [7, 11) is 0. The summed E-state index contributed by atoms with van der Waals surface area (Å²) in [5, 5.41) is 10.2. The molecule has 1 unspecified atom stereocenters. The van der Waals surface area contributed by atoms with Gasteiger partial charge in [-0.3, -0.25) is 13.8 Å². The van der Waals surface area contributed by atoms with Crippen LogP contribution < -0.4 is 5.56 Å². The van der Waals surface area contributed by atoms with Crippen LogP contribution in [0.3, 0.4) is 0 Å². The molecule has 3 aromatic rings. The highest BCUT2D eigenvalue weighted by molar-refractivity contribution is 7.99. The van der Waals surface area contributed by atoms with Gasteiger partial charge in [-0.25, -0.2) is 0 Å². The molecule has 0 N–H and O–H groups in total. The summed E-state index contributed by atoms with van der Waals surface area (Å²) < 4.78 is 9.57. The Kier molecular flexibility index (Phi) is 4.76. The van der Waals surface area contributed by atoms with Crippen molar-refractivity contribution in [1.82, 2.24) is 19.2 Å². The monoisotopic (exact) mass is 358 g/mol. The average Bonchev–Trinajstić information content (AvgIpc) is 3.08. The maximum atomic E-state index is 12.8. The van der Waals surface area contributed by atoms with Crippen molar-refractivity contribution in [2.24, 2.45) is 0 Å². The number of hydrogen-bond acceptors (Lipinski definition) is 5. The predicted molar refractivity (Wildman–Crippen MR) is 99.4 cm³/mol. The Labute approximate surface area is 150 Å². The van der Waals surface area contributed by atoms with E-state index in [1.807, 2.05) is 28.7 Å². The summed E-state index contributed by atoms with van der Waals surface area (Å²) >= 11 is 1.66. The van der Waals surface area contributed by atoms with Crippen LogP contribution in [-0.2, 0) is 11.3 Å². The van der Waals surface area contributed by atoms with E-state index in [1.165, 1.54) is 6.42 Å². The van der Waals surface area contributed by atoms with Crippen molar-refractivity contribution in [3.8, 4) is 0 Å². The van der Waals surface area contributed by atoms with Gasteiger partial charge in [0.25, 0.3) is 5.56 Å². The van der Waals surface area contributed by atoms with E-state index >= 15 is 0 Å². The lowest BCUT2D eigenvalue weighted by Crippen LogP contribution is -2.23. The number of fused-ring (bicyclic) bond motifs is 3. The molecule has 132 valence electrons. The Balaban J connectivity index is 1.79. The number of hydrogen-bond donors (Lipinski definition) is 0. The molecule has 4 rings (SSSR count). The van der Waals surface area contributed by atoms with Crippen molar-refractivity contribution in [3.63, 3.8) is 0 Å². The van der Waals surface area contributed by atoms with E-state index in [0.717, 1.165) is 42.3 Å². The Morgan fingerprint density at radius 1 is 1.28 bits per heavy atom. The van der Waals surface area contributed by atoms with Crippen molar-refractivity contribution in [2.75, 3.05) is 12.4 Å². The number of aryl methyl sites for hydroxylation is 1. The summed E-state index contributed by atoms with van der Waals surface area (Å²) in [6.07, 6.45) is 4.64. The summed E-state index contributed by atoms with van der Waals surface area (Å²) in [5.74, 6) is 1.49. The van der Waals surface area contributed by atoms with Gasteiger partial charge in [0.15, 0.2) is 5.16 Å². The standard InChI is InChI=1S/C18H22N4O2S/c1-2-10-21-16(23)14-8-3-4-9-15(14)22-17(21)19-20-18(22)25-12-13-7-5-6-11-24-13/h3-4,8-9,13H,2,5-7,10-12H2,1H3. The van der Waals surface area contributed by atoms with Gasteiger partial charge in [-0.2, -0.15) is 0 Å². The molecule has 1 fully saturated rings. The lowest BCUT2D eigenvalue weighted by Gasteiger charge is -2.21. The molecule has 1 saturated heterocycles. The third-order valence-electron chi connectivity index (χ3n) is 4.60. The Hall–Kier alpha value is -1.86. The van der Waals surface area contributed by atoms with Gasteiger partial charge in [-0.15, -0.1) is 10.2 Å². The topological polar surface area (TPSA) is 61.4 Å². The molecule has 0 bridgehead atoms. The molecule has 1 aliphatic rings. The molecule has 0 amide bonds. The fourth-order valence-corrected chi connectivity index (χ4v) is 4.36. The molecule has 0 saturated carbocycles. The molecule has 0 aliphatic carbocycles. The van der Waals surface area contributed by atoms with Gasteiger partial charge in [0.1, 0.15) is 0 Å². The first-order valence-corrected chi connectivity index (χ1v) is 9.89. The fraction of sp³-hybridized carbons (Fsp3) is 0.500. The van der Waals surface area contributed by atoms with Crippen LogP contribution in [-0.4, -0.2) is 37.6 Å². The molecule has 7 heteroatoms. The number of benzene rings is 1. The van der Waals surface area contributed by atoms with E-state index in [9.17, 15) is 4.79 Å². The molecule has 3 heterocycles. The van der Waals surface area contributed by atoms with Gasteiger partial charge in [-0.05, 0) is 37.8 Å². The molecular formula is C18H22N4O2S. The van der Waals surface area contributed by atoms with E-state index in [2.05, 4.69) is 17.1 Å². The lowest BCUT2D eigenvalue weighted by molar-refractivity contribution is 0.0315. The second-order valence-electron chi connectivity index (χ2n) is 6.39. The van der Waals surface area contributed by atoms with Gasteiger partial charge in [0.05, 0.1) is 17.0 Å². The van der Waals surface area contributed by atoms with E-state index in [0.29, 0.717) is 17.7 Å². The van der Waals surface area contributed by atoms with Crippen LogP contribution in [0.25, 0.3) is 16.7 Å². The van der Waals surface area contributed by atoms with Gasteiger partial charge in [0.2, 0.25) is 5.78 Å². The number of thioether (sulfide) groups is 1. The zero-order valence-electron chi connectivity index (χ0n) is 14.4. The summed E-state index contributed by atoms with van der Waals surface area (Å²) in [5.41, 5.74) is 0.872. The van der Waals surface area contributed by atoms with Crippen LogP contribution in [0.1, 0.15) is 32.6 Å².